The second-order valence-corrected chi connectivity index (χ2v) is 8.48. The Morgan fingerprint density at radius 2 is 2.04 bits per heavy atom. The van der Waals surface area contributed by atoms with Gasteiger partial charge in [0.2, 0.25) is 21.8 Å². The molecule has 0 amide bonds. The SMILES string of the molecule is O=S(=O)(c1ccc(F)c(F)c1)N1CCC[C@H]1c1nnc(-c2ccsc2)o1. The van der Waals surface area contributed by atoms with Crippen molar-refractivity contribution in [1.29, 1.82) is 0 Å². The summed E-state index contributed by atoms with van der Waals surface area (Å²) < 4.78 is 59.2. The Kier molecular flexibility index (Phi) is 4.33. The number of sulfonamides is 1. The van der Waals surface area contributed by atoms with E-state index in [1.165, 1.54) is 15.6 Å². The highest BCUT2D eigenvalue weighted by molar-refractivity contribution is 7.89. The molecule has 136 valence electrons. The highest BCUT2D eigenvalue weighted by Gasteiger charge is 2.39. The summed E-state index contributed by atoms with van der Waals surface area (Å²) in [6.45, 7) is 0.238. The van der Waals surface area contributed by atoms with Crippen LogP contribution in [-0.2, 0) is 10.0 Å². The van der Waals surface area contributed by atoms with E-state index in [9.17, 15) is 17.2 Å². The molecular formula is C16H13F2N3O3S2. The molecule has 1 saturated heterocycles. The van der Waals surface area contributed by atoms with Crippen LogP contribution in [0.4, 0.5) is 8.78 Å². The Morgan fingerprint density at radius 1 is 1.19 bits per heavy atom. The number of hydrogen-bond acceptors (Lipinski definition) is 6. The highest BCUT2D eigenvalue weighted by Crippen LogP contribution is 2.37. The summed E-state index contributed by atoms with van der Waals surface area (Å²) in [5.74, 6) is -1.80. The van der Waals surface area contributed by atoms with E-state index in [0.29, 0.717) is 24.8 Å². The van der Waals surface area contributed by atoms with Crippen LogP contribution >= 0.6 is 11.3 Å². The zero-order chi connectivity index (χ0) is 18.3. The average molecular weight is 397 g/mol. The molecule has 1 fully saturated rings. The third-order valence-electron chi connectivity index (χ3n) is 4.20. The molecule has 0 spiro atoms. The van der Waals surface area contributed by atoms with Gasteiger partial charge in [0, 0.05) is 17.5 Å². The third-order valence-corrected chi connectivity index (χ3v) is 6.78. The van der Waals surface area contributed by atoms with Crippen molar-refractivity contribution >= 4 is 21.4 Å². The Hall–Kier alpha value is -2.17. The first-order valence-electron chi connectivity index (χ1n) is 7.79. The van der Waals surface area contributed by atoms with Crippen molar-refractivity contribution in [2.45, 2.75) is 23.8 Å². The summed E-state index contributed by atoms with van der Waals surface area (Å²) in [4.78, 5) is -0.305. The number of nitrogens with zero attached hydrogens (tertiary/aromatic N) is 3. The maximum atomic E-state index is 13.5. The lowest BCUT2D eigenvalue weighted by Gasteiger charge is -2.21. The van der Waals surface area contributed by atoms with Crippen LogP contribution in [0, 0.1) is 11.6 Å². The van der Waals surface area contributed by atoms with E-state index in [4.69, 9.17) is 4.42 Å². The standard InChI is InChI=1S/C16H13F2N3O3S2/c17-12-4-3-11(8-13(12)18)26(22,23)21-6-1-2-14(21)16-20-19-15(24-16)10-5-7-25-9-10/h3-5,7-9,14H,1-2,6H2/t14-/m0/s1. The molecule has 2 aromatic heterocycles. The van der Waals surface area contributed by atoms with Gasteiger partial charge >= 0.3 is 0 Å². The Morgan fingerprint density at radius 3 is 2.77 bits per heavy atom. The quantitative estimate of drug-likeness (QED) is 0.672. The van der Waals surface area contributed by atoms with Crippen molar-refractivity contribution in [3.8, 4) is 11.5 Å². The highest BCUT2D eigenvalue weighted by atomic mass is 32.2. The van der Waals surface area contributed by atoms with E-state index in [1.54, 1.807) is 0 Å². The van der Waals surface area contributed by atoms with Gasteiger partial charge in [-0.3, -0.25) is 0 Å². The Balaban J connectivity index is 1.67. The summed E-state index contributed by atoms with van der Waals surface area (Å²) in [5, 5.41) is 11.7. The number of halogens is 2. The van der Waals surface area contributed by atoms with Gasteiger partial charge in [0.1, 0.15) is 6.04 Å². The van der Waals surface area contributed by atoms with Gasteiger partial charge in [-0.25, -0.2) is 17.2 Å². The van der Waals surface area contributed by atoms with Gasteiger partial charge < -0.3 is 4.42 Å². The first-order chi connectivity index (χ1) is 12.5. The molecule has 0 radical (unpaired) electrons. The predicted octanol–water partition coefficient (Wildman–Crippen LogP) is 3.60. The molecule has 0 aliphatic carbocycles. The molecule has 4 rings (SSSR count). The third kappa shape index (κ3) is 2.93. The van der Waals surface area contributed by atoms with Gasteiger partial charge in [-0.05, 0) is 42.5 Å². The lowest BCUT2D eigenvalue weighted by Crippen LogP contribution is -2.31. The van der Waals surface area contributed by atoms with Crippen LogP contribution in [0.5, 0.6) is 0 Å². The normalized spacial score (nSPS) is 18.5. The second kappa shape index (κ2) is 6.53. The maximum Gasteiger partial charge on any atom is 0.248 e. The zero-order valence-electron chi connectivity index (χ0n) is 13.3. The summed E-state index contributed by atoms with van der Waals surface area (Å²) in [7, 11) is -4.02. The summed E-state index contributed by atoms with van der Waals surface area (Å²) in [6, 6.07) is 3.73. The van der Waals surface area contributed by atoms with E-state index < -0.39 is 27.7 Å². The minimum absolute atomic E-state index is 0.190. The fraction of sp³-hybridized carbons (Fsp3) is 0.250. The van der Waals surface area contributed by atoms with Crippen LogP contribution in [0.15, 0.2) is 44.3 Å². The van der Waals surface area contributed by atoms with Gasteiger partial charge in [0.25, 0.3) is 0 Å². The first kappa shape index (κ1) is 17.3. The Labute approximate surface area is 152 Å². The lowest BCUT2D eigenvalue weighted by atomic mass is 10.2. The van der Waals surface area contributed by atoms with Crippen molar-refractivity contribution in [3.05, 3.63) is 52.6 Å². The molecule has 0 N–H and O–H groups in total. The fourth-order valence-corrected chi connectivity index (χ4v) is 5.21. The molecule has 3 heterocycles. The van der Waals surface area contributed by atoms with Gasteiger partial charge in [-0.1, -0.05) is 0 Å². The van der Waals surface area contributed by atoms with Crippen LogP contribution in [0.2, 0.25) is 0 Å². The van der Waals surface area contributed by atoms with Crippen molar-refractivity contribution in [2.24, 2.45) is 0 Å². The molecule has 0 bridgehead atoms. The molecule has 1 aliphatic rings. The number of rotatable bonds is 4. The molecule has 0 saturated carbocycles. The van der Waals surface area contributed by atoms with Crippen molar-refractivity contribution in [3.63, 3.8) is 0 Å². The van der Waals surface area contributed by atoms with Crippen LogP contribution < -0.4 is 0 Å². The van der Waals surface area contributed by atoms with Crippen LogP contribution in [0.25, 0.3) is 11.5 Å². The molecule has 10 heteroatoms. The minimum atomic E-state index is -4.02. The van der Waals surface area contributed by atoms with E-state index >= 15 is 0 Å². The van der Waals surface area contributed by atoms with E-state index in [0.717, 1.165) is 17.7 Å². The Bertz CT molecular complexity index is 1030. The molecule has 0 unspecified atom stereocenters. The number of hydrogen-bond donors (Lipinski definition) is 0. The van der Waals surface area contributed by atoms with Crippen molar-refractivity contribution in [1.82, 2.24) is 14.5 Å². The second-order valence-electron chi connectivity index (χ2n) is 5.81. The summed E-state index contributed by atoms with van der Waals surface area (Å²) in [6.07, 6.45) is 1.11. The van der Waals surface area contributed by atoms with Crippen LogP contribution in [0.1, 0.15) is 24.8 Å². The monoisotopic (exact) mass is 397 g/mol. The van der Waals surface area contributed by atoms with Crippen LogP contribution in [-0.4, -0.2) is 29.5 Å². The average Bonchev–Trinajstić information content (AvgIpc) is 3.36. The van der Waals surface area contributed by atoms with E-state index in [1.807, 2.05) is 16.8 Å². The minimum Gasteiger partial charge on any atom is -0.419 e. The van der Waals surface area contributed by atoms with Gasteiger partial charge in [-0.15, -0.1) is 10.2 Å². The fourth-order valence-electron chi connectivity index (χ4n) is 2.92. The first-order valence-corrected chi connectivity index (χ1v) is 10.2. The van der Waals surface area contributed by atoms with Crippen LogP contribution in [0.3, 0.4) is 0 Å². The molecule has 6 nitrogen and oxygen atoms in total. The van der Waals surface area contributed by atoms with Crippen molar-refractivity contribution in [2.75, 3.05) is 6.54 Å². The molecule has 1 aliphatic heterocycles. The molecule has 1 atom stereocenters. The molecule has 26 heavy (non-hydrogen) atoms. The summed E-state index contributed by atoms with van der Waals surface area (Å²) >= 11 is 1.48. The van der Waals surface area contributed by atoms with Gasteiger partial charge in [0.15, 0.2) is 11.6 Å². The molecular weight excluding hydrogens is 384 g/mol. The van der Waals surface area contributed by atoms with E-state index in [-0.39, 0.29) is 17.3 Å². The maximum absolute atomic E-state index is 13.5. The van der Waals surface area contributed by atoms with Crippen molar-refractivity contribution < 1.29 is 21.6 Å². The number of thiophene rings is 1. The van der Waals surface area contributed by atoms with E-state index in [2.05, 4.69) is 10.2 Å². The predicted molar refractivity (Wildman–Crippen MR) is 89.8 cm³/mol. The largest absolute Gasteiger partial charge is 0.419 e. The summed E-state index contributed by atoms with van der Waals surface area (Å²) in [5.41, 5.74) is 0.766. The number of aromatic nitrogens is 2. The van der Waals surface area contributed by atoms with Gasteiger partial charge in [0.05, 0.1) is 4.90 Å². The number of benzene rings is 1. The smallest absolute Gasteiger partial charge is 0.248 e. The molecule has 1 aromatic carbocycles. The molecule has 3 aromatic rings. The van der Waals surface area contributed by atoms with Gasteiger partial charge in [-0.2, -0.15) is 15.6 Å². The topological polar surface area (TPSA) is 76.3 Å². The lowest BCUT2D eigenvalue weighted by molar-refractivity contribution is 0.332. The zero-order valence-corrected chi connectivity index (χ0v) is 14.9.